The summed E-state index contributed by atoms with van der Waals surface area (Å²) in [6, 6.07) is 16.6. The van der Waals surface area contributed by atoms with Crippen LogP contribution in [-0.2, 0) is 9.59 Å². The SMILES string of the molecule is CC(=O)C(C(C)=O)C(CC(=O)c1ccccc1)c1ccc(C)cc1. The second-order valence-electron chi connectivity index (χ2n) is 6.21. The van der Waals surface area contributed by atoms with Crippen molar-refractivity contribution in [1.29, 1.82) is 0 Å². The summed E-state index contributed by atoms with van der Waals surface area (Å²) in [7, 11) is 0. The Bertz CT molecular complexity index is 715. The molecule has 0 aromatic heterocycles. The van der Waals surface area contributed by atoms with Gasteiger partial charge < -0.3 is 0 Å². The minimum absolute atomic E-state index is 0.0614. The quantitative estimate of drug-likeness (QED) is 0.568. The molecule has 0 N–H and O–H groups in total. The van der Waals surface area contributed by atoms with Crippen molar-refractivity contribution in [3.05, 3.63) is 71.3 Å². The Labute approximate surface area is 142 Å². The van der Waals surface area contributed by atoms with E-state index in [2.05, 4.69) is 0 Å². The van der Waals surface area contributed by atoms with E-state index in [4.69, 9.17) is 0 Å². The first-order valence-electron chi connectivity index (χ1n) is 8.06. The van der Waals surface area contributed by atoms with Crippen LogP contribution in [-0.4, -0.2) is 17.3 Å². The largest absolute Gasteiger partial charge is 0.299 e. The molecule has 2 aromatic carbocycles. The van der Waals surface area contributed by atoms with Crippen LogP contribution in [0.5, 0.6) is 0 Å². The minimum Gasteiger partial charge on any atom is -0.299 e. The third-order valence-corrected chi connectivity index (χ3v) is 4.28. The van der Waals surface area contributed by atoms with E-state index in [0.717, 1.165) is 11.1 Å². The number of ketones is 3. The summed E-state index contributed by atoms with van der Waals surface area (Å²) in [5.74, 6) is -1.69. The summed E-state index contributed by atoms with van der Waals surface area (Å²) in [6.45, 7) is 4.81. The molecule has 24 heavy (non-hydrogen) atoms. The van der Waals surface area contributed by atoms with Gasteiger partial charge in [-0.05, 0) is 26.3 Å². The monoisotopic (exact) mass is 322 g/mol. The van der Waals surface area contributed by atoms with Gasteiger partial charge in [-0.15, -0.1) is 0 Å². The van der Waals surface area contributed by atoms with Crippen LogP contribution >= 0.6 is 0 Å². The van der Waals surface area contributed by atoms with E-state index in [1.54, 1.807) is 12.1 Å². The lowest BCUT2D eigenvalue weighted by atomic mass is 9.77. The molecule has 124 valence electrons. The van der Waals surface area contributed by atoms with E-state index < -0.39 is 11.8 Å². The summed E-state index contributed by atoms with van der Waals surface area (Å²) in [5.41, 5.74) is 2.54. The molecule has 1 unspecified atom stereocenters. The lowest BCUT2D eigenvalue weighted by molar-refractivity contribution is -0.131. The Hall–Kier alpha value is -2.55. The summed E-state index contributed by atoms with van der Waals surface area (Å²) < 4.78 is 0. The lowest BCUT2D eigenvalue weighted by Crippen LogP contribution is -2.28. The van der Waals surface area contributed by atoms with Crippen molar-refractivity contribution in [3.63, 3.8) is 0 Å². The molecule has 3 heteroatoms. The predicted octanol–water partition coefficient (Wildman–Crippen LogP) is 4.15. The maximum Gasteiger partial charge on any atom is 0.163 e. The van der Waals surface area contributed by atoms with Crippen LogP contribution in [0.1, 0.15) is 47.7 Å². The fraction of sp³-hybridized carbons (Fsp3) is 0.286. The number of carbonyl (C=O) groups is 3. The van der Waals surface area contributed by atoms with Gasteiger partial charge >= 0.3 is 0 Å². The fourth-order valence-corrected chi connectivity index (χ4v) is 3.04. The van der Waals surface area contributed by atoms with Crippen LogP contribution in [0.25, 0.3) is 0 Å². The molecule has 3 nitrogen and oxygen atoms in total. The van der Waals surface area contributed by atoms with Gasteiger partial charge in [-0.3, -0.25) is 14.4 Å². The molecule has 0 saturated carbocycles. The Morgan fingerprint density at radius 1 is 0.833 bits per heavy atom. The molecule has 0 saturated heterocycles. The molecule has 0 heterocycles. The third kappa shape index (κ3) is 4.25. The topological polar surface area (TPSA) is 51.2 Å². The second-order valence-corrected chi connectivity index (χ2v) is 6.21. The Kier molecular flexibility index (Phi) is 5.80. The molecule has 0 aliphatic rings. The maximum absolute atomic E-state index is 12.6. The number of benzene rings is 2. The number of hydrogen-bond acceptors (Lipinski definition) is 3. The van der Waals surface area contributed by atoms with Crippen LogP contribution < -0.4 is 0 Å². The highest BCUT2D eigenvalue weighted by Gasteiger charge is 2.32. The van der Waals surface area contributed by atoms with Crippen LogP contribution in [0.4, 0.5) is 0 Å². The Morgan fingerprint density at radius 2 is 1.38 bits per heavy atom. The first-order valence-corrected chi connectivity index (χ1v) is 8.06. The van der Waals surface area contributed by atoms with Crippen LogP contribution in [0.2, 0.25) is 0 Å². The summed E-state index contributed by atoms with van der Waals surface area (Å²) in [5, 5.41) is 0. The van der Waals surface area contributed by atoms with Gasteiger partial charge in [0.2, 0.25) is 0 Å². The summed E-state index contributed by atoms with van der Waals surface area (Å²) >= 11 is 0. The highest BCUT2D eigenvalue weighted by molar-refractivity contribution is 6.03. The Balaban J connectivity index is 2.38. The molecule has 0 aliphatic heterocycles. The molecule has 0 radical (unpaired) electrons. The van der Waals surface area contributed by atoms with E-state index in [1.165, 1.54) is 13.8 Å². The number of aryl methyl sites for hydroxylation is 1. The minimum atomic E-state index is -0.791. The standard InChI is InChI=1S/C21H22O3/c1-14-9-11-17(12-10-14)19(21(15(2)22)16(3)23)13-20(24)18-7-5-4-6-8-18/h4-12,19,21H,13H2,1-3H3. The zero-order valence-corrected chi connectivity index (χ0v) is 14.3. The molecule has 0 bridgehead atoms. The summed E-state index contributed by atoms with van der Waals surface area (Å²) in [4.78, 5) is 36.7. The molecule has 2 rings (SSSR count). The fourth-order valence-electron chi connectivity index (χ4n) is 3.04. The zero-order chi connectivity index (χ0) is 17.7. The van der Waals surface area contributed by atoms with Crippen molar-refractivity contribution in [2.24, 2.45) is 5.92 Å². The van der Waals surface area contributed by atoms with Gasteiger partial charge in [0.05, 0.1) is 5.92 Å². The van der Waals surface area contributed by atoms with Crippen molar-refractivity contribution >= 4 is 17.3 Å². The van der Waals surface area contributed by atoms with Gasteiger partial charge in [0, 0.05) is 17.9 Å². The van der Waals surface area contributed by atoms with Crippen LogP contribution in [0.15, 0.2) is 54.6 Å². The van der Waals surface area contributed by atoms with Gasteiger partial charge in [0.1, 0.15) is 11.6 Å². The van der Waals surface area contributed by atoms with Gasteiger partial charge in [0.25, 0.3) is 0 Å². The number of rotatable bonds is 7. The lowest BCUT2D eigenvalue weighted by Gasteiger charge is -2.23. The van der Waals surface area contributed by atoms with E-state index in [0.29, 0.717) is 5.56 Å². The molecule has 0 amide bonds. The molecular formula is C21H22O3. The molecule has 0 fully saturated rings. The highest BCUT2D eigenvalue weighted by Crippen LogP contribution is 2.31. The molecule has 1 atom stereocenters. The van der Waals surface area contributed by atoms with Crippen molar-refractivity contribution in [3.8, 4) is 0 Å². The van der Waals surface area contributed by atoms with Crippen LogP contribution in [0.3, 0.4) is 0 Å². The normalized spacial score (nSPS) is 12.0. The third-order valence-electron chi connectivity index (χ3n) is 4.28. The van der Waals surface area contributed by atoms with Crippen molar-refractivity contribution in [2.45, 2.75) is 33.1 Å². The Morgan fingerprint density at radius 3 is 1.88 bits per heavy atom. The van der Waals surface area contributed by atoms with E-state index >= 15 is 0 Å². The highest BCUT2D eigenvalue weighted by atomic mass is 16.2. The number of hydrogen-bond donors (Lipinski definition) is 0. The van der Waals surface area contributed by atoms with Crippen molar-refractivity contribution in [2.75, 3.05) is 0 Å². The molecule has 0 aliphatic carbocycles. The molecule has 2 aromatic rings. The average molecular weight is 322 g/mol. The number of carbonyl (C=O) groups excluding carboxylic acids is 3. The van der Waals surface area contributed by atoms with E-state index in [-0.39, 0.29) is 23.8 Å². The maximum atomic E-state index is 12.6. The van der Waals surface area contributed by atoms with Gasteiger partial charge in [-0.2, -0.15) is 0 Å². The first-order chi connectivity index (χ1) is 11.4. The summed E-state index contributed by atoms with van der Waals surface area (Å²) in [6.07, 6.45) is 0.136. The smallest absolute Gasteiger partial charge is 0.163 e. The van der Waals surface area contributed by atoms with Gasteiger partial charge in [-0.25, -0.2) is 0 Å². The average Bonchev–Trinajstić information content (AvgIpc) is 2.55. The second kappa shape index (κ2) is 7.82. The van der Waals surface area contributed by atoms with Crippen LogP contribution in [0, 0.1) is 12.8 Å². The van der Waals surface area contributed by atoms with Gasteiger partial charge in [0.15, 0.2) is 5.78 Å². The first kappa shape index (κ1) is 17.8. The molecular weight excluding hydrogens is 300 g/mol. The molecule has 0 spiro atoms. The van der Waals surface area contributed by atoms with E-state index in [1.807, 2.05) is 49.4 Å². The van der Waals surface area contributed by atoms with E-state index in [9.17, 15) is 14.4 Å². The van der Waals surface area contributed by atoms with Crippen molar-refractivity contribution in [1.82, 2.24) is 0 Å². The predicted molar refractivity (Wildman–Crippen MR) is 94.2 cm³/mol. The number of Topliss-reactive ketones (excluding diaryl/α,β-unsaturated/α-hetero) is 3. The van der Waals surface area contributed by atoms with Gasteiger partial charge in [-0.1, -0.05) is 60.2 Å². The zero-order valence-electron chi connectivity index (χ0n) is 14.3. The van der Waals surface area contributed by atoms with Crippen molar-refractivity contribution < 1.29 is 14.4 Å².